The number of rotatable bonds is 8. The summed E-state index contributed by atoms with van der Waals surface area (Å²) in [4.78, 5) is 4.51. The van der Waals surface area contributed by atoms with Crippen LogP contribution in [0.5, 0.6) is 0 Å². The number of hydrogen-bond donors (Lipinski definition) is 2. The van der Waals surface area contributed by atoms with E-state index in [2.05, 4.69) is 26.8 Å². The molecule has 0 aliphatic rings. The standard InChI is InChI=1S/C17H21N5O2S/c1-2-17-18-8-10-22(17)9-4-7-21-25(23,24)16-6-3-5-14(11-16)15-12-19-20-13-15/h3,5-6,8,10-13,21H,2,4,7,9H2,1H3,(H,19,20). The average molecular weight is 359 g/mol. The summed E-state index contributed by atoms with van der Waals surface area (Å²) in [6.45, 7) is 3.16. The van der Waals surface area contributed by atoms with Gasteiger partial charge in [-0.2, -0.15) is 5.10 Å². The number of aromatic nitrogens is 4. The summed E-state index contributed by atoms with van der Waals surface area (Å²) in [6, 6.07) is 6.83. The van der Waals surface area contributed by atoms with Crippen LogP contribution >= 0.6 is 0 Å². The Balaban J connectivity index is 1.61. The highest BCUT2D eigenvalue weighted by Crippen LogP contribution is 2.21. The largest absolute Gasteiger partial charge is 0.335 e. The van der Waals surface area contributed by atoms with E-state index in [1.165, 1.54) is 0 Å². The maximum atomic E-state index is 12.5. The van der Waals surface area contributed by atoms with Crippen molar-refractivity contribution < 1.29 is 8.42 Å². The Bertz CT molecular complexity index is 916. The molecule has 0 unspecified atom stereocenters. The first-order chi connectivity index (χ1) is 12.1. The zero-order valence-corrected chi connectivity index (χ0v) is 14.8. The van der Waals surface area contributed by atoms with Crippen molar-refractivity contribution in [1.29, 1.82) is 0 Å². The van der Waals surface area contributed by atoms with Crippen LogP contribution < -0.4 is 4.72 Å². The summed E-state index contributed by atoms with van der Waals surface area (Å²) in [6.07, 6.45) is 8.64. The van der Waals surface area contributed by atoms with Gasteiger partial charge in [0, 0.05) is 43.7 Å². The van der Waals surface area contributed by atoms with Crippen LogP contribution in [0.1, 0.15) is 19.2 Å². The quantitative estimate of drug-likeness (QED) is 0.603. The van der Waals surface area contributed by atoms with E-state index in [9.17, 15) is 8.42 Å². The summed E-state index contributed by atoms with van der Waals surface area (Å²) in [5.41, 5.74) is 1.66. The van der Waals surface area contributed by atoms with Crippen LogP contribution in [0.4, 0.5) is 0 Å². The number of imidazole rings is 1. The molecule has 0 spiro atoms. The second kappa shape index (κ2) is 7.62. The fourth-order valence-corrected chi connectivity index (χ4v) is 3.77. The summed E-state index contributed by atoms with van der Waals surface area (Å²) in [5, 5.41) is 6.62. The predicted molar refractivity (Wildman–Crippen MR) is 95.4 cm³/mol. The van der Waals surface area contributed by atoms with Crippen LogP contribution in [0.3, 0.4) is 0 Å². The lowest BCUT2D eigenvalue weighted by Crippen LogP contribution is -2.25. The first kappa shape index (κ1) is 17.4. The van der Waals surface area contributed by atoms with Crippen molar-refractivity contribution >= 4 is 10.0 Å². The zero-order chi connectivity index (χ0) is 17.7. The smallest absolute Gasteiger partial charge is 0.240 e. The molecule has 8 heteroatoms. The van der Waals surface area contributed by atoms with Gasteiger partial charge in [0.2, 0.25) is 10.0 Å². The van der Waals surface area contributed by atoms with Crippen molar-refractivity contribution in [3.05, 3.63) is 54.9 Å². The lowest BCUT2D eigenvalue weighted by Gasteiger charge is -2.09. The number of aryl methyl sites for hydroxylation is 2. The monoisotopic (exact) mass is 359 g/mol. The summed E-state index contributed by atoms with van der Waals surface area (Å²) < 4.78 is 29.7. The van der Waals surface area contributed by atoms with Gasteiger partial charge in [0.05, 0.1) is 11.1 Å². The van der Waals surface area contributed by atoms with E-state index in [4.69, 9.17) is 0 Å². The normalized spacial score (nSPS) is 11.7. The Labute approximate surface area is 147 Å². The third kappa shape index (κ3) is 4.15. The third-order valence-corrected chi connectivity index (χ3v) is 5.42. The second-order valence-electron chi connectivity index (χ2n) is 5.66. The topological polar surface area (TPSA) is 92.7 Å². The maximum absolute atomic E-state index is 12.5. The maximum Gasteiger partial charge on any atom is 0.240 e. The van der Waals surface area contributed by atoms with Gasteiger partial charge in [-0.1, -0.05) is 19.1 Å². The Morgan fingerprint density at radius 1 is 1.28 bits per heavy atom. The molecule has 0 bridgehead atoms. The minimum Gasteiger partial charge on any atom is -0.335 e. The van der Waals surface area contributed by atoms with Crippen molar-refractivity contribution in [2.45, 2.75) is 31.2 Å². The molecule has 1 aromatic carbocycles. The molecule has 3 aromatic rings. The highest BCUT2D eigenvalue weighted by molar-refractivity contribution is 7.89. The first-order valence-corrected chi connectivity index (χ1v) is 9.67. The van der Waals surface area contributed by atoms with E-state index < -0.39 is 10.0 Å². The zero-order valence-electron chi connectivity index (χ0n) is 14.0. The van der Waals surface area contributed by atoms with Gasteiger partial charge in [-0.3, -0.25) is 5.10 Å². The van der Waals surface area contributed by atoms with Crippen LogP contribution in [0, 0.1) is 0 Å². The fourth-order valence-electron chi connectivity index (χ4n) is 2.65. The fraction of sp³-hybridized carbons (Fsp3) is 0.294. The van der Waals surface area contributed by atoms with E-state index in [1.54, 1.807) is 36.8 Å². The lowest BCUT2D eigenvalue weighted by atomic mass is 10.1. The van der Waals surface area contributed by atoms with Gasteiger partial charge >= 0.3 is 0 Å². The number of benzene rings is 1. The highest BCUT2D eigenvalue weighted by atomic mass is 32.2. The van der Waals surface area contributed by atoms with Crippen molar-refractivity contribution in [3.8, 4) is 11.1 Å². The van der Waals surface area contributed by atoms with Crippen LogP contribution in [0.2, 0.25) is 0 Å². The Morgan fingerprint density at radius 2 is 2.16 bits per heavy atom. The molecule has 3 rings (SSSR count). The molecule has 0 saturated carbocycles. The number of sulfonamides is 1. The predicted octanol–water partition coefficient (Wildman–Crippen LogP) is 2.20. The molecular formula is C17H21N5O2S. The number of nitrogens with zero attached hydrogens (tertiary/aromatic N) is 3. The first-order valence-electron chi connectivity index (χ1n) is 8.19. The third-order valence-electron chi connectivity index (χ3n) is 3.96. The Hall–Kier alpha value is -2.45. The van der Waals surface area contributed by atoms with E-state index in [-0.39, 0.29) is 4.90 Å². The van der Waals surface area contributed by atoms with Crippen LogP contribution in [-0.4, -0.2) is 34.7 Å². The van der Waals surface area contributed by atoms with Gasteiger partial charge in [0.25, 0.3) is 0 Å². The molecule has 0 aliphatic carbocycles. The number of nitrogens with one attached hydrogen (secondary N) is 2. The van der Waals surface area contributed by atoms with E-state index in [0.29, 0.717) is 13.0 Å². The van der Waals surface area contributed by atoms with Gasteiger partial charge in [0.15, 0.2) is 0 Å². The molecule has 2 N–H and O–H groups in total. The molecule has 0 aliphatic heterocycles. The molecule has 0 fully saturated rings. The molecule has 25 heavy (non-hydrogen) atoms. The molecule has 2 heterocycles. The molecular weight excluding hydrogens is 338 g/mol. The van der Waals surface area contributed by atoms with Crippen LogP contribution in [-0.2, 0) is 23.0 Å². The molecule has 132 valence electrons. The van der Waals surface area contributed by atoms with Gasteiger partial charge in [-0.15, -0.1) is 0 Å². The number of hydrogen-bond acceptors (Lipinski definition) is 4. The van der Waals surface area contributed by atoms with Gasteiger partial charge < -0.3 is 4.57 Å². The minimum absolute atomic E-state index is 0.253. The lowest BCUT2D eigenvalue weighted by molar-refractivity contribution is 0.565. The Kier molecular flexibility index (Phi) is 5.30. The molecule has 0 saturated heterocycles. The van der Waals surface area contributed by atoms with Crippen molar-refractivity contribution in [2.24, 2.45) is 0 Å². The van der Waals surface area contributed by atoms with E-state index >= 15 is 0 Å². The van der Waals surface area contributed by atoms with Gasteiger partial charge in [0.1, 0.15) is 5.82 Å². The second-order valence-corrected chi connectivity index (χ2v) is 7.42. The van der Waals surface area contributed by atoms with Crippen molar-refractivity contribution in [1.82, 2.24) is 24.5 Å². The van der Waals surface area contributed by atoms with Crippen LogP contribution in [0.25, 0.3) is 11.1 Å². The Morgan fingerprint density at radius 3 is 2.92 bits per heavy atom. The summed E-state index contributed by atoms with van der Waals surface area (Å²) in [7, 11) is -3.54. The average Bonchev–Trinajstić information content (AvgIpc) is 3.30. The summed E-state index contributed by atoms with van der Waals surface area (Å²) >= 11 is 0. The molecule has 2 aromatic heterocycles. The minimum atomic E-state index is -3.54. The van der Waals surface area contributed by atoms with Crippen LogP contribution in [0.15, 0.2) is 53.9 Å². The SMILES string of the molecule is CCc1nccn1CCCNS(=O)(=O)c1cccc(-c2cn[nH]c2)c1. The van der Waals surface area contributed by atoms with Gasteiger partial charge in [-0.05, 0) is 24.1 Å². The number of aromatic amines is 1. The van der Waals surface area contributed by atoms with E-state index in [0.717, 1.165) is 29.9 Å². The van der Waals surface area contributed by atoms with Gasteiger partial charge in [-0.25, -0.2) is 18.1 Å². The highest BCUT2D eigenvalue weighted by Gasteiger charge is 2.14. The van der Waals surface area contributed by atoms with E-state index in [1.807, 2.05) is 16.8 Å². The molecule has 0 atom stereocenters. The molecule has 0 radical (unpaired) electrons. The van der Waals surface area contributed by atoms with Crippen molar-refractivity contribution in [3.63, 3.8) is 0 Å². The molecule has 7 nitrogen and oxygen atoms in total. The molecule has 0 amide bonds. The summed E-state index contributed by atoms with van der Waals surface area (Å²) in [5.74, 6) is 1.01. The number of H-pyrrole nitrogens is 1. The van der Waals surface area contributed by atoms with Crippen molar-refractivity contribution in [2.75, 3.05) is 6.54 Å².